The standard InChI is InChI=1S/C26H33N3O5/c1-17(2)16-33-24-13-18(5-7-23(24)31-3)15-29-11-9-20(10-12-29)27-26-28-21-14-19(25(30)32-4)6-8-22(21)34-26/h5-8,13-14,17,20H,9-12,15-16H2,1-4H3,(H,27,28). The average Bonchev–Trinajstić information content (AvgIpc) is 3.25. The fourth-order valence-electron chi connectivity index (χ4n) is 4.09. The van der Waals surface area contributed by atoms with Crippen LogP contribution in [0.3, 0.4) is 0 Å². The zero-order valence-corrected chi connectivity index (χ0v) is 20.3. The van der Waals surface area contributed by atoms with Gasteiger partial charge in [-0.1, -0.05) is 19.9 Å². The molecule has 0 bridgehead atoms. The number of carbonyl (C=O) groups excluding carboxylic acids is 1. The first-order chi connectivity index (χ1) is 16.4. The number of oxazole rings is 1. The number of hydrogen-bond donors (Lipinski definition) is 1. The predicted octanol–water partition coefficient (Wildman–Crippen LogP) is 4.73. The lowest BCUT2D eigenvalue weighted by Crippen LogP contribution is -2.38. The molecule has 0 atom stereocenters. The van der Waals surface area contributed by atoms with Crippen LogP contribution in [0.4, 0.5) is 6.01 Å². The number of piperidine rings is 1. The Labute approximate surface area is 200 Å². The second-order valence-corrected chi connectivity index (χ2v) is 9.08. The number of ether oxygens (including phenoxy) is 3. The number of methoxy groups -OCH3 is 2. The van der Waals surface area contributed by atoms with Crippen LogP contribution in [0, 0.1) is 5.92 Å². The molecule has 4 rings (SSSR count). The van der Waals surface area contributed by atoms with E-state index in [0.717, 1.165) is 44.0 Å². The number of benzene rings is 2. The van der Waals surface area contributed by atoms with Crippen LogP contribution < -0.4 is 14.8 Å². The van der Waals surface area contributed by atoms with Crippen LogP contribution in [0.5, 0.6) is 11.5 Å². The highest BCUT2D eigenvalue weighted by Crippen LogP contribution is 2.30. The van der Waals surface area contributed by atoms with Gasteiger partial charge in [0.25, 0.3) is 6.01 Å². The van der Waals surface area contributed by atoms with E-state index < -0.39 is 0 Å². The first-order valence-corrected chi connectivity index (χ1v) is 11.7. The van der Waals surface area contributed by atoms with Gasteiger partial charge in [-0.05, 0) is 54.7 Å². The topological polar surface area (TPSA) is 86.1 Å². The summed E-state index contributed by atoms with van der Waals surface area (Å²) in [5.74, 6) is 1.64. The van der Waals surface area contributed by atoms with E-state index in [1.165, 1.54) is 12.7 Å². The highest BCUT2D eigenvalue weighted by atomic mass is 16.5. The maximum Gasteiger partial charge on any atom is 0.337 e. The number of nitrogens with one attached hydrogen (secondary N) is 1. The molecular formula is C26H33N3O5. The number of hydrogen-bond acceptors (Lipinski definition) is 8. The highest BCUT2D eigenvalue weighted by molar-refractivity contribution is 5.93. The maximum atomic E-state index is 11.7. The molecule has 0 radical (unpaired) electrons. The van der Waals surface area contributed by atoms with E-state index in [1.807, 2.05) is 6.07 Å². The van der Waals surface area contributed by atoms with Gasteiger partial charge in [-0.3, -0.25) is 4.90 Å². The molecule has 1 aliphatic rings. The van der Waals surface area contributed by atoms with Crippen molar-refractivity contribution in [3.8, 4) is 11.5 Å². The number of fused-ring (bicyclic) bond motifs is 1. The molecule has 34 heavy (non-hydrogen) atoms. The van der Waals surface area contributed by atoms with E-state index in [9.17, 15) is 4.79 Å². The summed E-state index contributed by atoms with van der Waals surface area (Å²) in [7, 11) is 3.03. The van der Waals surface area contributed by atoms with Gasteiger partial charge in [-0.2, -0.15) is 4.98 Å². The molecule has 0 aliphatic carbocycles. The van der Waals surface area contributed by atoms with Crippen LogP contribution in [0.1, 0.15) is 42.6 Å². The number of anilines is 1. The molecular weight excluding hydrogens is 434 g/mol. The Kier molecular flexibility index (Phi) is 7.57. The first kappa shape index (κ1) is 23.9. The normalized spacial score (nSPS) is 15.0. The molecule has 8 heteroatoms. The number of rotatable bonds is 9. The lowest BCUT2D eigenvalue weighted by Gasteiger charge is -2.32. The van der Waals surface area contributed by atoms with Crippen molar-refractivity contribution in [2.45, 2.75) is 39.3 Å². The number of likely N-dealkylation sites (tertiary alicyclic amines) is 1. The molecule has 8 nitrogen and oxygen atoms in total. The van der Waals surface area contributed by atoms with Gasteiger partial charge in [-0.15, -0.1) is 0 Å². The minimum absolute atomic E-state index is 0.283. The molecule has 1 N–H and O–H groups in total. The fourth-order valence-corrected chi connectivity index (χ4v) is 4.09. The third-order valence-corrected chi connectivity index (χ3v) is 5.93. The largest absolute Gasteiger partial charge is 0.493 e. The Hall–Kier alpha value is -3.26. The number of aromatic nitrogens is 1. The van der Waals surface area contributed by atoms with Crippen molar-refractivity contribution in [1.29, 1.82) is 0 Å². The molecule has 1 aromatic heterocycles. The highest BCUT2D eigenvalue weighted by Gasteiger charge is 2.21. The SMILES string of the molecule is COC(=O)c1ccc2oc(NC3CCN(Cc4ccc(OC)c(OCC(C)C)c4)CC3)nc2c1. The second kappa shape index (κ2) is 10.8. The van der Waals surface area contributed by atoms with Crippen LogP contribution in [-0.2, 0) is 11.3 Å². The van der Waals surface area contributed by atoms with Gasteiger partial charge in [0.1, 0.15) is 5.52 Å². The Morgan fingerprint density at radius 3 is 2.65 bits per heavy atom. The molecule has 3 aromatic rings. The van der Waals surface area contributed by atoms with Crippen molar-refractivity contribution in [3.63, 3.8) is 0 Å². The molecule has 0 amide bonds. The van der Waals surface area contributed by atoms with Crippen molar-refractivity contribution >= 4 is 23.1 Å². The van der Waals surface area contributed by atoms with Crippen LogP contribution in [0.25, 0.3) is 11.1 Å². The smallest absolute Gasteiger partial charge is 0.337 e. The second-order valence-electron chi connectivity index (χ2n) is 9.08. The van der Waals surface area contributed by atoms with Gasteiger partial charge in [0, 0.05) is 25.7 Å². The van der Waals surface area contributed by atoms with Gasteiger partial charge >= 0.3 is 5.97 Å². The van der Waals surface area contributed by atoms with E-state index >= 15 is 0 Å². The summed E-state index contributed by atoms with van der Waals surface area (Å²) >= 11 is 0. The zero-order valence-electron chi connectivity index (χ0n) is 20.3. The third kappa shape index (κ3) is 5.80. The van der Waals surface area contributed by atoms with Gasteiger partial charge < -0.3 is 23.9 Å². The van der Waals surface area contributed by atoms with E-state index in [4.69, 9.17) is 18.6 Å². The average molecular weight is 468 g/mol. The molecule has 1 fully saturated rings. The third-order valence-electron chi connectivity index (χ3n) is 5.93. The summed E-state index contributed by atoms with van der Waals surface area (Å²) in [6.45, 7) is 7.74. The van der Waals surface area contributed by atoms with Gasteiger partial charge in [-0.25, -0.2) is 4.79 Å². The summed E-state index contributed by atoms with van der Waals surface area (Å²) in [5, 5.41) is 3.41. The first-order valence-electron chi connectivity index (χ1n) is 11.7. The minimum Gasteiger partial charge on any atom is -0.493 e. The Bertz CT molecular complexity index is 1120. The molecule has 0 saturated carbocycles. The van der Waals surface area contributed by atoms with Crippen LogP contribution in [-0.4, -0.2) is 55.8 Å². The molecule has 1 aliphatic heterocycles. The maximum absolute atomic E-state index is 11.7. The van der Waals surface area contributed by atoms with Crippen molar-refractivity contribution in [2.75, 3.05) is 39.2 Å². The molecule has 0 spiro atoms. The van der Waals surface area contributed by atoms with Crippen LogP contribution >= 0.6 is 0 Å². The quantitative estimate of drug-likeness (QED) is 0.452. The summed E-state index contributed by atoms with van der Waals surface area (Å²) in [4.78, 5) is 18.7. The number of nitrogens with zero attached hydrogens (tertiary/aromatic N) is 2. The minimum atomic E-state index is -0.387. The van der Waals surface area contributed by atoms with Gasteiger partial charge in [0.2, 0.25) is 0 Å². The Morgan fingerprint density at radius 1 is 1.15 bits per heavy atom. The van der Waals surface area contributed by atoms with E-state index in [-0.39, 0.29) is 12.0 Å². The van der Waals surface area contributed by atoms with Crippen LogP contribution in [0.15, 0.2) is 40.8 Å². The number of esters is 1. The monoisotopic (exact) mass is 467 g/mol. The Morgan fingerprint density at radius 2 is 1.94 bits per heavy atom. The van der Waals surface area contributed by atoms with Gasteiger partial charge in [0.15, 0.2) is 17.1 Å². The summed E-state index contributed by atoms with van der Waals surface area (Å²) in [5.41, 5.74) is 2.95. The van der Waals surface area contributed by atoms with Crippen molar-refractivity contribution in [2.24, 2.45) is 5.92 Å². The zero-order chi connectivity index (χ0) is 24.1. The van der Waals surface area contributed by atoms with Crippen molar-refractivity contribution in [1.82, 2.24) is 9.88 Å². The summed E-state index contributed by atoms with van der Waals surface area (Å²) in [6.07, 6.45) is 1.97. The molecule has 2 aromatic carbocycles. The Balaban J connectivity index is 1.32. The fraction of sp³-hybridized carbons (Fsp3) is 0.462. The van der Waals surface area contributed by atoms with E-state index in [0.29, 0.717) is 35.2 Å². The lowest BCUT2D eigenvalue weighted by atomic mass is 10.0. The predicted molar refractivity (Wildman–Crippen MR) is 131 cm³/mol. The number of carbonyl (C=O) groups is 1. The van der Waals surface area contributed by atoms with Gasteiger partial charge in [0.05, 0.1) is 26.4 Å². The van der Waals surface area contributed by atoms with Crippen molar-refractivity contribution in [3.05, 3.63) is 47.5 Å². The molecule has 1 saturated heterocycles. The van der Waals surface area contributed by atoms with E-state index in [2.05, 4.69) is 41.2 Å². The van der Waals surface area contributed by atoms with Crippen molar-refractivity contribution < 1.29 is 23.4 Å². The summed E-state index contributed by atoms with van der Waals surface area (Å²) < 4.78 is 22.0. The summed E-state index contributed by atoms with van der Waals surface area (Å²) in [6, 6.07) is 12.1. The van der Waals surface area contributed by atoms with E-state index in [1.54, 1.807) is 25.3 Å². The molecule has 0 unspecified atom stereocenters. The molecule has 2 heterocycles. The van der Waals surface area contributed by atoms with Crippen LogP contribution in [0.2, 0.25) is 0 Å². The molecule has 182 valence electrons. The lowest BCUT2D eigenvalue weighted by molar-refractivity contribution is 0.0601.